The molecule has 0 aliphatic rings. The predicted octanol–water partition coefficient (Wildman–Crippen LogP) is 1.69. The summed E-state index contributed by atoms with van der Waals surface area (Å²) in [5.74, 6) is 0. The first-order valence-corrected chi connectivity index (χ1v) is 3.43. The van der Waals surface area contributed by atoms with E-state index in [1.54, 1.807) is 6.21 Å². The van der Waals surface area contributed by atoms with Crippen molar-refractivity contribution in [1.29, 1.82) is 0 Å². The van der Waals surface area contributed by atoms with Gasteiger partial charge in [0.15, 0.2) is 0 Å². The number of anilines is 2. The quantitative estimate of drug-likeness (QED) is 0.382. The summed E-state index contributed by atoms with van der Waals surface area (Å²) in [6.45, 7) is 1.84. The van der Waals surface area contributed by atoms with Crippen LogP contribution in [0.25, 0.3) is 0 Å². The molecule has 11 heavy (non-hydrogen) atoms. The third kappa shape index (κ3) is 1.97. The van der Waals surface area contributed by atoms with E-state index >= 15 is 0 Å². The molecule has 0 radical (unpaired) electrons. The second-order valence-corrected chi connectivity index (χ2v) is 2.09. The van der Waals surface area contributed by atoms with Crippen LogP contribution in [0.2, 0.25) is 0 Å². The SMILES string of the molecule is C/C=N/Nc1ccccc1N. The molecule has 1 aromatic carbocycles. The molecule has 3 heteroatoms. The third-order valence-corrected chi connectivity index (χ3v) is 1.27. The summed E-state index contributed by atoms with van der Waals surface area (Å²) < 4.78 is 0. The van der Waals surface area contributed by atoms with Gasteiger partial charge < -0.3 is 5.73 Å². The van der Waals surface area contributed by atoms with Crippen molar-refractivity contribution in [3.63, 3.8) is 0 Å². The van der Waals surface area contributed by atoms with Gasteiger partial charge in [0, 0.05) is 6.21 Å². The average molecular weight is 149 g/mol. The lowest BCUT2D eigenvalue weighted by Crippen LogP contribution is -1.93. The first-order chi connectivity index (χ1) is 5.34. The van der Waals surface area contributed by atoms with Crippen LogP contribution in [0.1, 0.15) is 6.92 Å². The molecule has 0 bridgehead atoms. The van der Waals surface area contributed by atoms with Gasteiger partial charge in [-0.3, -0.25) is 5.43 Å². The molecule has 0 atom stereocenters. The maximum absolute atomic E-state index is 5.62. The smallest absolute Gasteiger partial charge is 0.0790 e. The standard InChI is InChI=1S/C8H11N3/c1-2-10-11-8-6-4-3-5-7(8)9/h2-6,11H,9H2,1H3/b10-2+. The van der Waals surface area contributed by atoms with Gasteiger partial charge in [0.2, 0.25) is 0 Å². The molecule has 1 aromatic rings. The molecule has 0 unspecified atom stereocenters. The molecule has 0 aromatic heterocycles. The molecule has 0 amide bonds. The minimum Gasteiger partial charge on any atom is -0.397 e. The average Bonchev–Trinajstić information content (AvgIpc) is 2.03. The minimum atomic E-state index is 0.707. The summed E-state index contributed by atoms with van der Waals surface area (Å²) in [6, 6.07) is 7.50. The second kappa shape index (κ2) is 3.61. The molecule has 0 heterocycles. The zero-order valence-corrected chi connectivity index (χ0v) is 6.41. The molecule has 0 saturated carbocycles. The fourth-order valence-electron chi connectivity index (χ4n) is 0.733. The van der Waals surface area contributed by atoms with Crippen LogP contribution in [0.5, 0.6) is 0 Å². The van der Waals surface area contributed by atoms with E-state index in [-0.39, 0.29) is 0 Å². The minimum absolute atomic E-state index is 0.707. The van der Waals surface area contributed by atoms with Crippen molar-refractivity contribution < 1.29 is 0 Å². The molecule has 0 fully saturated rings. The highest BCUT2D eigenvalue weighted by Gasteiger charge is 1.91. The lowest BCUT2D eigenvalue weighted by Gasteiger charge is -2.01. The highest BCUT2D eigenvalue weighted by atomic mass is 15.3. The maximum Gasteiger partial charge on any atom is 0.0790 e. The summed E-state index contributed by atoms with van der Waals surface area (Å²) in [4.78, 5) is 0. The highest BCUT2D eigenvalue weighted by Crippen LogP contribution is 2.15. The number of benzene rings is 1. The highest BCUT2D eigenvalue weighted by molar-refractivity contribution is 5.67. The van der Waals surface area contributed by atoms with Gasteiger partial charge in [0.25, 0.3) is 0 Å². The van der Waals surface area contributed by atoms with Crippen LogP contribution < -0.4 is 11.2 Å². The molecule has 0 spiro atoms. The van der Waals surface area contributed by atoms with E-state index < -0.39 is 0 Å². The summed E-state index contributed by atoms with van der Waals surface area (Å²) in [5.41, 5.74) is 9.98. The van der Waals surface area contributed by atoms with Crippen LogP contribution in [-0.4, -0.2) is 6.21 Å². The van der Waals surface area contributed by atoms with E-state index in [1.807, 2.05) is 31.2 Å². The Morgan fingerprint density at radius 1 is 1.45 bits per heavy atom. The number of para-hydroxylation sites is 2. The number of nitrogens with two attached hydrogens (primary N) is 1. The van der Waals surface area contributed by atoms with Gasteiger partial charge >= 0.3 is 0 Å². The zero-order valence-electron chi connectivity index (χ0n) is 6.41. The molecule has 1 rings (SSSR count). The summed E-state index contributed by atoms with van der Waals surface area (Å²) in [6.07, 6.45) is 1.67. The summed E-state index contributed by atoms with van der Waals surface area (Å²) in [5, 5.41) is 3.85. The van der Waals surface area contributed by atoms with Crippen LogP contribution >= 0.6 is 0 Å². The molecule has 3 nitrogen and oxygen atoms in total. The normalized spacial score (nSPS) is 10.3. The first-order valence-electron chi connectivity index (χ1n) is 3.43. The Labute approximate surface area is 65.9 Å². The molecule has 0 aliphatic carbocycles. The van der Waals surface area contributed by atoms with E-state index in [2.05, 4.69) is 10.5 Å². The lowest BCUT2D eigenvalue weighted by atomic mass is 10.3. The number of hydrazone groups is 1. The first kappa shape index (κ1) is 7.60. The van der Waals surface area contributed by atoms with Gasteiger partial charge in [-0.1, -0.05) is 12.1 Å². The van der Waals surface area contributed by atoms with E-state index in [1.165, 1.54) is 0 Å². The Hall–Kier alpha value is -1.51. The van der Waals surface area contributed by atoms with E-state index in [4.69, 9.17) is 5.73 Å². The van der Waals surface area contributed by atoms with Gasteiger partial charge in [0.1, 0.15) is 0 Å². The Morgan fingerprint density at radius 3 is 2.82 bits per heavy atom. The van der Waals surface area contributed by atoms with Crippen molar-refractivity contribution in [2.45, 2.75) is 6.92 Å². The van der Waals surface area contributed by atoms with Gasteiger partial charge in [-0.05, 0) is 19.1 Å². The predicted molar refractivity (Wildman–Crippen MR) is 48.6 cm³/mol. The van der Waals surface area contributed by atoms with Gasteiger partial charge in [-0.15, -0.1) is 0 Å². The zero-order chi connectivity index (χ0) is 8.10. The number of nitrogens with one attached hydrogen (secondary N) is 1. The largest absolute Gasteiger partial charge is 0.397 e. The summed E-state index contributed by atoms with van der Waals surface area (Å²) >= 11 is 0. The number of hydrogen-bond acceptors (Lipinski definition) is 3. The Balaban J connectivity index is 2.77. The molecule has 3 N–H and O–H groups in total. The molecular weight excluding hydrogens is 138 g/mol. The molecular formula is C8H11N3. The fraction of sp³-hybridized carbons (Fsp3) is 0.125. The van der Waals surface area contributed by atoms with Crippen LogP contribution in [0.15, 0.2) is 29.4 Å². The van der Waals surface area contributed by atoms with Crippen LogP contribution in [-0.2, 0) is 0 Å². The maximum atomic E-state index is 5.62. The Kier molecular flexibility index (Phi) is 2.49. The van der Waals surface area contributed by atoms with E-state index in [9.17, 15) is 0 Å². The van der Waals surface area contributed by atoms with E-state index in [0.717, 1.165) is 5.69 Å². The number of rotatable bonds is 2. The number of hydrogen-bond donors (Lipinski definition) is 2. The topological polar surface area (TPSA) is 50.4 Å². The van der Waals surface area contributed by atoms with Crippen molar-refractivity contribution in [2.24, 2.45) is 5.10 Å². The molecule has 0 saturated heterocycles. The number of nitrogen functional groups attached to an aromatic ring is 1. The lowest BCUT2D eigenvalue weighted by molar-refractivity contribution is 1.35. The van der Waals surface area contributed by atoms with Gasteiger partial charge in [-0.2, -0.15) is 5.10 Å². The van der Waals surface area contributed by atoms with Gasteiger partial charge in [0.05, 0.1) is 11.4 Å². The van der Waals surface area contributed by atoms with Crippen LogP contribution in [0, 0.1) is 0 Å². The molecule has 58 valence electrons. The fourth-order valence-corrected chi connectivity index (χ4v) is 0.733. The second-order valence-electron chi connectivity index (χ2n) is 2.09. The van der Waals surface area contributed by atoms with Crippen molar-refractivity contribution in [3.05, 3.63) is 24.3 Å². The van der Waals surface area contributed by atoms with Crippen LogP contribution in [0.4, 0.5) is 11.4 Å². The van der Waals surface area contributed by atoms with Crippen molar-refractivity contribution >= 4 is 17.6 Å². The monoisotopic (exact) mass is 149 g/mol. The van der Waals surface area contributed by atoms with Crippen molar-refractivity contribution in [2.75, 3.05) is 11.2 Å². The van der Waals surface area contributed by atoms with Gasteiger partial charge in [-0.25, -0.2) is 0 Å². The van der Waals surface area contributed by atoms with E-state index in [0.29, 0.717) is 5.69 Å². The molecule has 0 aliphatic heterocycles. The van der Waals surface area contributed by atoms with Crippen molar-refractivity contribution in [1.82, 2.24) is 0 Å². The Morgan fingerprint density at radius 2 is 2.18 bits per heavy atom. The van der Waals surface area contributed by atoms with Crippen molar-refractivity contribution in [3.8, 4) is 0 Å². The summed E-state index contributed by atoms with van der Waals surface area (Å²) in [7, 11) is 0. The number of nitrogens with zero attached hydrogens (tertiary/aromatic N) is 1. The third-order valence-electron chi connectivity index (χ3n) is 1.27. The van der Waals surface area contributed by atoms with Crippen LogP contribution in [0.3, 0.4) is 0 Å². The Bertz CT molecular complexity index is 255.